The first-order chi connectivity index (χ1) is 3.66. The summed E-state index contributed by atoms with van der Waals surface area (Å²) in [5.41, 5.74) is 0. The van der Waals surface area contributed by atoms with Crippen LogP contribution in [0, 0.1) is 0 Å². The number of hydrogen-bond acceptors (Lipinski definition) is 2. The predicted octanol–water partition coefficient (Wildman–Crippen LogP) is -0.159. The molecule has 4 nitrogen and oxygen atoms in total. The van der Waals surface area contributed by atoms with Gasteiger partial charge in [0.05, 0.1) is 6.04 Å². The van der Waals surface area contributed by atoms with Gasteiger partial charge < -0.3 is 15.2 Å². The maximum atomic E-state index is 9.71. The molecule has 0 spiro atoms. The fourth-order valence-corrected chi connectivity index (χ4v) is 0.229. The Morgan fingerprint density at radius 3 is 2.50 bits per heavy atom. The molecular weight excluding hydrogens is 110 g/mol. The SMILES string of the molecule is C[C@@H](C=O)NC(=O)O. The summed E-state index contributed by atoms with van der Waals surface area (Å²) >= 11 is 0. The van der Waals surface area contributed by atoms with Crippen LogP contribution in [-0.2, 0) is 4.79 Å². The predicted molar refractivity (Wildman–Crippen MR) is 26.7 cm³/mol. The van der Waals surface area contributed by atoms with Crippen LogP contribution in [-0.4, -0.2) is 23.5 Å². The van der Waals surface area contributed by atoms with Gasteiger partial charge in [-0.2, -0.15) is 0 Å². The van der Waals surface area contributed by atoms with Crippen molar-refractivity contribution in [3.8, 4) is 0 Å². The van der Waals surface area contributed by atoms with Crippen LogP contribution in [0.4, 0.5) is 4.79 Å². The van der Waals surface area contributed by atoms with Crippen molar-refractivity contribution in [3.05, 3.63) is 0 Å². The van der Waals surface area contributed by atoms with Gasteiger partial charge in [0.2, 0.25) is 0 Å². The summed E-state index contributed by atoms with van der Waals surface area (Å²) < 4.78 is 0. The zero-order chi connectivity index (χ0) is 6.57. The van der Waals surface area contributed by atoms with E-state index in [-0.39, 0.29) is 0 Å². The van der Waals surface area contributed by atoms with E-state index >= 15 is 0 Å². The largest absolute Gasteiger partial charge is 0.465 e. The van der Waals surface area contributed by atoms with E-state index in [0.29, 0.717) is 6.29 Å². The summed E-state index contributed by atoms with van der Waals surface area (Å²) in [5.74, 6) is 0. The van der Waals surface area contributed by atoms with Crippen molar-refractivity contribution >= 4 is 12.4 Å². The Bertz CT molecular complexity index is 101. The number of amides is 1. The molecule has 0 aliphatic heterocycles. The highest BCUT2D eigenvalue weighted by Gasteiger charge is 1.99. The second kappa shape index (κ2) is 3.01. The maximum absolute atomic E-state index is 9.71. The average Bonchev–Trinajstić information content (AvgIpc) is 1.65. The van der Waals surface area contributed by atoms with E-state index in [1.54, 1.807) is 0 Å². The molecule has 0 bridgehead atoms. The Labute approximate surface area is 46.5 Å². The number of rotatable bonds is 2. The van der Waals surface area contributed by atoms with Gasteiger partial charge in [0.15, 0.2) is 0 Å². The number of carboxylic acid groups (broad SMARTS) is 1. The number of hydrogen-bond donors (Lipinski definition) is 2. The summed E-state index contributed by atoms with van der Waals surface area (Å²) in [5, 5.41) is 9.89. The van der Waals surface area contributed by atoms with Crippen LogP contribution in [0.1, 0.15) is 6.92 Å². The van der Waals surface area contributed by atoms with Crippen LogP contribution in [0.2, 0.25) is 0 Å². The van der Waals surface area contributed by atoms with Crippen molar-refractivity contribution in [2.24, 2.45) is 0 Å². The van der Waals surface area contributed by atoms with Crippen molar-refractivity contribution in [2.45, 2.75) is 13.0 Å². The van der Waals surface area contributed by atoms with Gasteiger partial charge in [-0.15, -0.1) is 0 Å². The van der Waals surface area contributed by atoms with Crippen LogP contribution < -0.4 is 5.32 Å². The molecule has 0 rings (SSSR count). The Morgan fingerprint density at radius 1 is 1.88 bits per heavy atom. The molecule has 0 unspecified atom stereocenters. The summed E-state index contributed by atoms with van der Waals surface area (Å²) in [4.78, 5) is 19.4. The second-order valence-electron chi connectivity index (χ2n) is 1.37. The third-order valence-electron chi connectivity index (χ3n) is 0.555. The number of carbonyl (C=O) groups excluding carboxylic acids is 1. The Hall–Kier alpha value is -1.06. The van der Waals surface area contributed by atoms with Crippen molar-refractivity contribution in [1.29, 1.82) is 0 Å². The van der Waals surface area contributed by atoms with Crippen LogP contribution >= 0.6 is 0 Å². The third-order valence-corrected chi connectivity index (χ3v) is 0.555. The molecule has 4 heteroatoms. The molecule has 0 heterocycles. The van der Waals surface area contributed by atoms with E-state index in [1.165, 1.54) is 6.92 Å². The van der Waals surface area contributed by atoms with Gasteiger partial charge in [0.25, 0.3) is 0 Å². The monoisotopic (exact) mass is 117 g/mol. The summed E-state index contributed by atoms with van der Waals surface area (Å²) in [6.45, 7) is 1.46. The lowest BCUT2D eigenvalue weighted by molar-refractivity contribution is -0.109. The smallest absolute Gasteiger partial charge is 0.405 e. The maximum Gasteiger partial charge on any atom is 0.405 e. The molecule has 2 N–H and O–H groups in total. The van der Waals surface area contributed by atoms with E-state index in [0.717, 1.165) is 0 Å². The lowest BCUT2D eigenvalue weighted by Crippen LogP contribution is -2.31. The molecule has 0 aromatic heterocycles. The van der Waals surface area contributed by atoms with Crippen LogP contribution in [0.3, 0.4) is 0 Å². The van der Waals surface area contributed by atoms with Gasteiger partial charge in [0, 0.05) is 0 Å². The summed E-state index contributed by atoms with van der Waals surface area (Å²) in [6, 6.07) is -0.604. The van der Waals surface area contributed by atoms with Crippen LogP contribution in [0.25, 0.3) is 0 Å². The molecule has 0 radical (unpaired) electrons. The van der Waals surface area contributed by atoms with Gasteiger partial charge in [0.1, 0.15) is 6.29 Å². The average molecular weight is 117 g/mol. The summed E-state index contributed by atoms with van der Waals surface area (Å²) in [6.07, 6.45) is -0.654. The number of nitrogens with one attached hydrogen (secondary N) is 1. The highest BCUT2D eigenvalue weighted by molar-refractivity contribution is 5.70. The Kier molecular flexibility index (Phi) is 2.61. The molecule has 0 aliphatic carbocycles. The number of carbonyl (C=O) groups is 2. The van der Waals surface area contributed by atoms with Gasteiger partial charge in [-0.05, 0) is 6.92 Å². The molecule has 0 fully saturated rings. The van der Waals surface area contributed by atoms with E-state index < -0.39 is 12.1 Å². The second-order valence-corrected chi connectivity index (χ2v) is 1.37. The van der Waals surface area contributed by atoms with Crippen molar-refractivity contribution in [2.75, 3.05) is 0 Å². The first-order valence-corrected chi connectivity index (χ1v) is 2.11. The highest BCUT2D eigenvalue weighted by atomic mass is 16.4. The lowest BCUT2D eigenvalue weighted by Gasteiger charge is -1.99. The molecule has 0 aromatic carbocycles. The van der Waals surface area contributed by atoms with Crippen molar-refractivity contribution in [3.63, 3.8) is 0 Å². The fourth-order valence-electron chi connectivity index (χ4n) is 0.229. The molecule has 8 heavy (non-hydrogen) atoms. The standard InChI is InChI=1S/C4H7NO3/c1-3(2-6)5-4(7)8/h2-3,5H,1H3,(H,7,8)/t3-/m0/s1. The van der Waals surface area contributed by atoms with Crippen LogP contribution in [0.5, 0.6) is 0 Å². The Balaban J connectivity index is 3.38. The number of aldehydes is 1. The third kappa shape index (κ3) is 3.14. The van der Waals surface area contributed by atoms with E-state index in [2.05, 4.69) is 0 Å². The molecule has 1 atom stereocenters. The molecule has 0 saturated heterocycles. The topological polar surface area (TPSA) is 66.4 Å². The minimum Gasteiger partial charge on any atom is -0.465 e. The van der Waals surface area contributed by atoms with Gasteiger partial charge in [-0.25, -0.2) is 4.79 Å². The first-order valence-electron chi connectivity index (χ1n) is 2.11. The lowest BCUT2D eigenvalue weighted by atomic mass is 10.4. The van der Waals surface area contributed by atoms with E-state index in [1.807, 2.05) is 5.32 Å². The van der Waals surface area contributed by atoms with Gasteiger partial charge >= 0.3 is 6.09 Å². The van der Waals surface area contributed by atoms with E-state index in [4.69, 9.17) is 5.11 Å². The van der Waals surface area contributed by atoms with Gasteiger partial charge in [-0.3, -0.25) is 0 Å². The minimum absolute atomic E-state index is 0.522. The minimum atomic E-state index is -1.18. The summed E-state index contributed by atoms with van der Waals surface area (Å²) in [7, 11) is 0. The first kappa shape index (κ1) is 6.94. The van der Waals surface area contributed by atoms with Crippen molar-refractivity contribution in [1.82, 2.24) is 5.32 Å². The van der Waals surface area contributed by atoms with Crippen molar-refractivity contribution < 1.29 is 14.7 Å². The molecule has 46 valence electrons. The fraction of sp³-hybridized carbons (Fsp3) is 0.500. The molecule has 1 amide bonds. The Morgan fingerprint density at radius 2 is 2.38 bits per heavy atom. The molecule has 0 saturated carbocycles. The van der Waals surface area contributed by atoms with Gasteiger partial charge in [-0.1, -0.05) is 0 Å². The van der Waals surface area contributed by atoms with E-state index in [9.17, 15) is 9.59 Å². The zero-order valence-electron chi connectivity index (χ0n) is 4.42. The zero-order valence-corrected chi connectivity index (χ0v) is 4.42. The highest BCUT2D eigenvalue weighted by Crippen LogP contribution is 1.70. The quantitative estimate of drug-likeness (QED) is 0.494. The van der Waals surface area contributed by atoms with Crippen LogP contribution in [0.15, 0.2) is 0 Å². The molecular formula is C4H7NO3. The molecule has 0 aliphatic rings. The molecule has 0 aromatic rings. The normalized spacial score (nSPS) is 12.1.